The largest absolute Gasteiger partial charge is 0.491 e. The number of aliphatic hydroxyl groups is 2. The maximum atomic E-state index is 14.1. The molecule has 0 saturated carbocycles. The topological polar surface area (TPSA) is 135 Å². The zero-order valence-corrected chi connectivity index (χ0v) is 34.8. The number of rotatable bonds is 16. The lowest BCUT2D eigenvalue weighted by Crippen LogP contribution is -2.40. The van der Waals surface area contributed by atoms with Crippen LogP contribution in [0.1, 0.15) is 48.8 Å². The molecule has 340 valence electrons. The Bertz CT molecular complexity index is 2270. The highest BCUT2D eigenvalue weighted by Gasteiger charge is 2.31. The summed E-state index contributed by atoms with van der Waals surface area (Å²) in [4.78, 5) is 28.8. The summed E-state index contributed by atoms with van der Waals surface area (Å²) < 4.78 is 104. The third-order valence-corrected chi connectivity index (χ3v) is 9.71. The van der Waals surface area contributed by atoms with E-state index in [4.69, 9.17) is 9.47 Å². The highest BCUT2D eigenvalue weighted by atomic mass is 19.4. The summed E-state index contributed by atoms with van der Waals surface area (Å²) in [6, 6.07) is 24.9. The molecule has 0 fully saturated rings. The number of nitrogens with zero attached hydrogens (tertiary/aromatic N) is 6. The van der Waals surface area contributed by atoms with Gasteiger partial charge in [0, 0.05) is 45.1 Å². The molecule has 2 unspecified atom stereocenters. The Balaban J connectivity index is 0.000000241. The minimum absolute atomic E-state index is 0.0288. The molecule has 0 saturated heterocycles. The van der Waals surface area contributed by atoms with Crippen molar-refractivity contribution < 1.29 is 60.0 Å². The van der Waals surface area contributed by atoms with E-state index in [9.17, 15) is 50.5 Å². The van der Waals surface area contributed by atoms with Gasteiger partial charge in [-0.2, -0.15) is 36.5 Å². The highest BCUT2D eigenvalue weighted by Crippen LogP contribution is 2.31. The summed E-state index contributed by atoms with van der Waals surface area (Å²) in [5, 5.41) is 28.9. The van der Waals surface area contributed by atoms with E-state index in [0.29, 0.717) is 5.69 Å². The monoisotopic (exact) mass is 898 g/mol. The number of alkyl halides is 6. The molecule has 6 rings (SSSR count). The van der Waals surface area contributed by atoms with E-state index >= 15 is 0 Å². The Kier molecular flexibility index (Phi) is 16.3. The first kappa shape index (κ1) is 48.3. The van der Waals surface area contributed by atoms with Gasteiger partial charge < -0.3 is 29.5 Å². The summed E-state index contributed by atoms with van der Waals surface area (Å²) in [6.07, 6.45) is -8.17. The molecule has 2 amide bonds. The fourth-order valence-corrected chi connectivity index (χ4v) is 6.23. The van der Waals surface area contributed by atoms with Crippen molar-refractivity contribution in [2.45, 2.75) is 44.6 Å². The molecule has 0 radical (unpaired) electrons. The van der Waals surface area contributed by atoms with Gasteiger partial charge in [0.25, 0.3) is 11.8 Å². The van der Waals surface area contributed by atoms with Crippen LogP contribution in [0.15, 0.2) is 122 Å². The Morgan fingerprint density at radius 1 is 0.609 bits per heavy atom. The Morgan fingerprint density at radius 3 is 1.38 bits per heavy atom. The molecule has 6 aromatic rings. The number of carbonyl (C=O) groups excluding carboxylic acids is 2. The molecule has 0 spiro atoms. The zero-order chi connectivity index (χ0) is 46.6. The average molecular weight is 899 g/mol. The highest BCUT2D eigenvalue weighted by molar-refractivity contribution is 5.93. The number of hydrogen-bond donors (Lipinski definition) is 2. The van der Waals surface area contributed by atoms with Crippen LogP contribution in [0, 0.1) is 12.7 Å². The van der Waals surface area contributed by atoms with Gasteiger partial charge in [0.15, 0.2) is 0 Å². The molecular weight excluding hydrogens is 854 g/mol. The second-order valence-electron chi connectivity index (χ2n) is 14.5. The normalized spacial score (nSPS) is 12.4. The second kappa shape index (κ2) is 21.6. The van der Waals surface area contributed by atoms with Crippen LogP contribution in [-0.2, 0) is 39.5 Å². The first-order chi connectivity index (χ1) is 30.3. The van der Waals surface area contributed by atoms with Gasteiger partial charge in [-0.3, -0.25) is 19.0 Å². The number of amides is 2. The Morgan fingerprint density at radius 2 is 1.00 bits per heavy atom. The van der Waals surface area contributed by atoms with E-state index in [0.717, 1.165) is 47.5 Å². The predicted octanol–water partition coefficient (Wildman–Crippen LogP) is 7.49. The van der Waals surface area contributed by atoms with E-state index in [2.05, 4.69) is 10.2 Å². The quantitative estimate of drug-likeness (QED) is 0.0956. The SMILES string of the molecule is Cc1ccccc1CN(CC(O)COc1ccc(C(F)(F)F)cc1)C(=O)c1ccnn1C.Cn1nccc1C(=O)N(Cc1ccccc1F)CC(O)COc1ccc(C(F)(F)F)cc1. The van der Waals surface area contributed by atoms with Crippen LogP contribution >= 0.6 is 0 Å². The molecule has 2 aromatic heterocycles. The molecule has 64 heavy (non-hydrogen) atoms. The predicted molar refractivity (Wildman–Crippen MR) is 219 cm³/mol. The summed E-state index contributed by atoms with van der Waals surface area (Å²) in [7, 11) is 3.24. The van der Waals surface area contributed by atoms with Crippen LogP contribution in [0.3, 0.4) is 0 Å². The van der Waals surface area contributed by atoms with Crippen molar-refractivity contribution >= 4 is 11.8 Å². The summed E-state index contributed by atoms with van der Waals surface area (Å²) in [6.45, 7) is 1.42. The molecule has 2 heterocycles. The molecule has 0 aliphatic rings. The van der Waals surface area contributed by atoms with Crippen LogP contribution in [0.5, 0.6) is 11.5 Å². The third kappa shape index (κ3) is 13.6. The number of carbonyl (C=O) groups is 2. The Hall–Kier alpha value is -6.73. The van der Waals surface area contributed by atoms with Crippen LogP contribution in [0.25, 0.3) is 0 Å². The van der Waals surface area contributed by atoms with Crippen molar-refractivity contribution in [1.29, 1.82) is 0 Å². The van der Waals surface area contributed by atoms with Gasteiger partial charge in [-0.15, -0.1) is 0 Å². The van der Waals surface area contributed by atoms with Crippen molar-refractivity contribution in [3.63, 3.8) is 0 Å². The first-order valence-corrected chi connectivity index (χ1v) is 19.6. The lowest BCUT2D eigenvalue weighted by Gasteiger charge is -2.26. The summed E-state index contributed by atoms with van der Waals surface area (Å²) >= 11 is 0. The molecule has 0 bridgehead atoms. The van der Waals surface area contributed by atoms with Crippen molar-refractivity contribution in [3.8, 4) is 11.5 Å². The van der Waals surface area contributed by atoms with Gasteiger partial charge in [0.1, 0.15) is 54.1 Å². The van der Waals surface area contributed by atoms with Crippen molar-refractivity contribution in [3.05, 3.63) is 167 Å². The fourth-order valence-electron chi connectivity index (χ4n) is 6.23. The van der Waals surface area contributed by atoms with Gasteiger partial charge >= 0.3 is 12.4 Å². The molecule has 4 aromatic carbocycles. The van der Waals surface area contributed by atoms with E-state index in [1.165, 1.54) is 68.0 Å². The Labute approximate surface area is 363 Å². The van der Waals surface area contributed by atoms with Crippen molar-refractivity contribution in [1.82, 2.24) is 29.4 Å². The molecule has 2 N–H and O–H groups in total. The van der Waals surface area contributed by atoms with E-state index in [1.807, 2.05) is 31.2 Å². The maximum absolute atomic E-state index is 14.1. The van der Waals surface area contributed by atoms with E-state index < -0.39 is 47.4 Å². The number of benzene rings is 4. The molecular formula is C45H45F7N6O6. The fraction of sp³-hybridized carbons (Fsp3) is 0.289. The lowest BCUT2D eigenvalue weighted by atomic mass is 10.1. The van der Waals surface area contributed by atoms with Gasteiger partial charge in [-0.1, -0.05) is 42.5 Å². The summed E-state index contributed by atoms with van der Waals surface area (Å²) in [5.41, 5.74) is 1.22. The number of aromatic nitrogens is 4. The number of hydrogen-bond acceptors (Lipinski definition) is 8. The standard InChI is InChI=1S/C23H24F3N3O3.C22H21F4N3O3/c1-16-5-3-4-6-17(16)13-29(22(31)21-11-12-27-28(21)2)14-19(30)15-32-20-9-7-18(8-10-20)23(24,25)26;1-28-20(10-11-27-28)21(31)29(12-15-4-2-3-5-19(15)23)13-17(30)14-32-18-8-6-16(7-9-18)22(24,25)26/h3-12,19,30H,13-15H2,1-2H3;2-11,17,30H,12-14H2,1H3. The third-order valence-electron chi connectivity index (χ3n) is 9.71. The molecule has 19 heteroatoms. The van der Waals surface area contributed by atoms with E-state index in [-0.39, 0.29) is 68.1 Å². The minimum atomic E-state index is -4.46. The van der Waals surface area contributed by atoms with Crippen LogP contribution < -0.4 is 9.47 Å². The smallest absolute Gasteiger partial charge is 0.416 e. The van der Waals surface area contributed by atoms with Gasteiger partial charge in [-0.05, 0) is 84.8 Å². The molecule has 0 aliphatic heterocycles. The second-order valence-corrected chi connectivity index (χ2v) is 14.5. The average Bonchev–Trinajstić information content (AvgIpc) is 3.90. The van der Waals surface area contributed by atoms with Crippen molar-refractivity contribution in [2.75, 3.05) is 26.3 Å². The summed E-state index contributed by atoms with van der Waals surface area (Å²) in [5.74, 6) is -0.939. The maximum Gasteiger partial charge on any atom is 0.416 e. The van der Waals surface area contributed by atoms with Gasteiger partial charge in [-0.25, -0.2) is 4.39 Å². The van der Waals surface area contributed by atoms with Gasteiger partial charge in [0.05, 0.1) is 24.2 Å². The van der Waals surface area contributed by atoms with Gasteiger partial charge in [0.2, 0.25) is 0 Å². The van der Waals surface area contributed by atoms with E-state index in [1.54, 1.807) is 26.2 Å². The molecule has 0 aliphatic carbocycles. The molecule has 2 atom stereocenters. The van der Waals surface area contributed by atoms with Crippen LogP contribution in [0.2, 0.25) is 0 Å². The minimum Gasteiger partial charge on any atom is -0.491 e. The molecule has 12 nitrogen and oxygen atoms in total. The number of aliphatic hydroxyl groups excluding tert-OH is 2. The lowest BCUT2D eigenvalue weighted by molar-refractivity contribution is -0.138. The number of halogens is 7. The van der Waals surface area contributed by atoms with Crippen LogP contribution in [-0.4, -0.2) is 89.9 Å². The van der Waals surface area contributed by atoms with Crippen molar-refractivity contribution in [2.24, 2.45) is 14.1 Å². The number of ether oxygens (including phenoxy) is 2. The first-order valence-electron chi connectivity index (χ1n) is 19.6. The zero-order valence-electron chi connectivity index (χ0n) is 34.8. The number of aryl methyl sites for hydroxylation is 3. The van der Waals surface area contributed by atoms with Crippen LogP contribution in [0.4, 0.5) is 30.7 Å².